The van der Waals surface area contributed by atoms with Crippen LogP contribution in [0.15, 0.2) is 23.0 Å². The molecule has 1 aromatic heterocycles. The molecule has 0 spiro atoms. The lowest BCUT2D eigenvalue weighted by Crippen LogP contribution is -2.15. The summed E-state index contributed by atoms with van der Waals surface area (Å²) < 4.78 is 4.89. The molecular weight excluding hydrogens is 228 g/mol. The number of carbonyl (C=O) groups excluding carboxylic acids is 1. The largest absolute Gasteiger partial charge is 0.472 e. The highest BCUT2D eigenvalue weighted by molar-refractivity contribution is 5.95. The smallest absolute Gasteiger partial charge is 0.166 e. The predicted octanol–water partition coefficient (Wildman–Crippen LogP) is 3.68. The van der Waals surface area contributed by atoms with Crippen molar-refractivity contribution in [2.45, 2.75) is 52.6 Å². The number of hydrogen-bond acceptors (Lipinski definition) is 3. The van der Waals surface area contributed by atoms with Crippen LogP contribution in [0, 0.1) is 11.8 Å². The van der Waals surface area contributed by atoms with E-state index in [1.54, 1.807) is 6.07 Å². The third kappa shape index (κ3) is 5.50. The first-order chi connectivity index (χ1) is 8.49. The van der Waals surface area contributed by atoms with Crippen molar-refractivity contribution in [1.29, 1.82) is 0 Å². The van der Waals surface area contributed by atoms with Crippen LogP contribution in [0.4, 0.5) is 0 Å². The van der Waals surface area contributed by atoms with Crippen LogP contribution in [-0.2, 0) is 0 Å². The van der Waals surface area contributed by atoms with Crippen molar-refractivity contribution >= 4 is 5.78 Å². The molecule has 0 radical (unpaired) electrons. The van der Waals surface area contributed by atoms with Crippen LogP contribution >= 0.6 is 0 Å². The Hall–Kier alpha value is -1.09. The number of aliphatic hydroxyl groups is 1. The van der Waals surface area contributed by atoms with E-state index in [0.29, 0.717) is 23.8 Å². The molecule has 3 nitrogen and oxygen atoms in total. The maximum absolute atomic E-state index is 11.8. The fourth-order valence-corrected chi connectivity index (χ4v) is 2.17. The number of rotatable bonds is 8. The Kier molecular flexibility index (Phi) is 6.13. The minimum atomic E-state index is -0.246. The Labute approximate surface area is 109 Å². The van der Waals surface area contributed by atoms with Gasteiger partial charge in [0.1, 0.15) is 6.26 Å². The van der Waals surface area contributed by atoms with E-state index in [9.17, 15) is 9.90 Å². The van der Waals surface area contributed by atoms with Gasteiger partial charge in [-0.05, 0) is 37.2 Å². The van der Waals surface area contributed by atoms with Gasteiger partial charge in [0.2, 0.25) is 0 Å². The molecule has 0 bridgehead atoms. The van der Waals surface area contributed by atoms with E-state index in [0.717, 1.165) is 19.3 Å². The van der Waals surface area contributed by atoms with E-state index < -0.39 is 0 Å². The van der Waals surface area contributed by atoms with Gasteiger partial charge in [0.25, 0.3) is 0 Å². The van der Waals surface area contributed by atoms with E-state index in [2.05, 4.69) is 20.8 Å². The highest BCUT2D eigenvalue weighted by Gasteiger charge is 2.14. The second kappa shape index (κ2) is 7.37. The lowest BCUT2D eigenvalue weighted by atomic mass is 9.92. The molecule has 102 valence electrons. The zero-order chi connectivity index (χ0) is 13.5. The molecule has 0 fully saturated rings. The summed E-state index contributed by atoms with van der Waals surface area (Å²) in [7, 11) is 0. The van der Waals surface area contributed by atoms with E-state index in [-0.39, 0.29) is 11.9 Å². The van der Waals surface area contributed by atoms with Gasteiger partial charge in [0, 0.05) is 6.42 Å². The van der Waals surface area contributed by atoms with Gasteiger partial charge in [-0.3, -0.25) is 4.79 Å². The van der Waals surface area contributed by atoms with Crippen LogP contribution in [-0.4, -0.2) is 17.0 Å². The monoisotopic (exact) mass is 252 g/mol. The van der Waals surface area contributed by atoms with Gasteiger partial charge in [-0.2, -0.15) is 0 Å². The van der Waals surface area contributed by atoms with Crippen molar-refractivity contribution in [1.82, 2.24) is 0 Å². The standard InChI is InChI=1S/C15H24O3/c1-11(2)8-14(16)9-12(3)4-5-15(17)13-6-7-18-10-13/h6-7,10-12,14,16H,4-5,8-9H2,1-3H3. The zero-order valence-corrected chi connectivity index (χ0v) is 11.6. The third-order valence-corrected chi connectivity index (χ3v) is 3.13. The summed E-state index contributed by atoms with van der Waals surface area (Å²) in [6.45, 7) is 6.30. The van der Waals surface area contributed by atoms with E-state index in [4.69, 9.17) is 4.42 Å². The molecule has 0 saturated carbocycles. The first kappa shape index (κ1) is 15.0. The molecular formula is C15H24O3. The summed E-state index contributed by atoms with van der Waals surface area (Å²) in [5.41, 5.74) is 0.643. The summed E-state index contributed by atoms with van der Waals surface area (Å²) >= 11 is 0. The van der Waals surface area contributed by atoms with Gasteiger partial charge in [-0.15, -0.1) is 0 Å². The van der Waals surface area contributed by atoms with Gasteiger partial charge in [0.05, 0.1) is 17.9 Å². The average molecular weight is 252 g/mol. The Morgan fingerprint density at radius 2 is 2.06 bits per heavy atom. The van der Waals surface area contributed by atoms with Crippen LogP contribution in [0.25, 0.3) is 0 Å². The third-order valence-electron chi connectivity index (χ3n) is 3.13. The van der Waals surface area contributed by atoms with Crippen molar-refractivity contribution in [3.05, 3.63) is 24.2 Å². The number of ketones is 1. The van der Waals surface area contributed by atoms with Crippen LogP contribution in [0.5, 0.6) is 0 Å². The molecule has 0 saturated heterocycles. The normalized spacial score (nSPS) is 14.7. The molecule has 2 atom stereocenters. The second-order valence-corrected chi connectivity index (χ2v) is 5.60. The van der Waals surface area contributed by atoms with Gasteiger partial charge in [-0.1, -0.05) is 20.8 Å². The molecule has 0 aromatic carbocycles. The average Bonchev–Trinajstić information content (AvgIpc) is 2.77. The van der Waals surface area contributed by atoms with Crippen LogP contribution in [0.1, 0.15) is 56.8 Å². The molecule has 1 rings (SSSR count). The Morgan fingerprint density at radius 1 is 1.33 bits per heavy atom. The zero-order valence-electron chi connectivity index (χ0n) is 11.6. The minimum Gasteiger partial charge on any atom is -0.472 e. The van der Waals surface area contributed by atoms with Crippen LogP contribution in [0.2, 0.25) is 0 Å². The Morgan fingerprint density at radius 3 is 2.61 bits per heavy atom. The first-order valence-corrected chi connectivity index (χ1v) is 6.72. The van der Waals surface area contributed by atoms with Gasteiger partial charge in [-0.25, -0.2) is 0 Å². The number of hydrogen-bond donors (Lipinski definition) is 1. The predicted molar refractivity (Wildman–Crippen MR) is 71.5 cm³/mol. The van der Waals surface area contributed by atoms with Gasteiger partial charge >= 0.3 is 0 Å². The van der Waals surface area contributed by atoms with Crippen molar-refractivity contribution in [3.8, 4) is 0 Å². The van der Waals surface area contributed by atoms with Gasteiger partial charge in [0.15, 0.2) is 5.78 Å². The fraction of sp³-hybridized carbons (Fsp3) is 0.667. The van der Waals surface area contributed by atoms with Gasteiger partial charge < -0.3 is 9.52 Å². The summed E-state index contributed by atoms with van der Waals surface area (Å²) in [4.78, 5) is 11.8. The molecule has 0 amide bonds. The summed E-state index contributed by atoms with van der Waals surface area (Å²) in [6.07, 6.45) is 5.71. The van der Waals surface area contributed by atoms with Crippen molar-refractivity contribution in [3.63, 3.8) is 0 Å². The Bertz CT molecular complexity index is 341. The summed E-state index contributed by atoms with van der Waals surface area (Å²) in [5.74, 6) is 1.00. The number of furan rings is 1. The molecule has 2 unspecified atom stereocenters. The van der Waals surface area contributed by atoms with E-state index in [1.165, 1.54) is 12.5 Å². The highest BCUT2D eigenvalue weighted by Crippen LogP contribution is 2.18. The minimum absolute atomic E-state index is 0.119. The summed E-state index contributed by atoms with van der Waals surface area (Å²) in [6, 6.07) is 1.70. The number of aliphatic hydroxyl groups excluding tert-OH is 1. The molecule has 1 aromatic rings. The lowest BCUT2D eigenvalue weighted by Gasteiger charge is -2.17. The maximum Gasteiger partial charge on any atom is 0.166 e. The molecule has 3 heteroatoms. The Balaban J connectivity index is 2.24. The number of carbonyl (C=O) groups is 1. The van der Waals surface area contributed by atoms with Crippen molar-refractivity contribution in [2.24, 2.45) is 11.8 Å². The van der Waals surface area contributed by atoms with E-state index in [1.807, 2.05) is 0 Å². The molecule has 0 aliphatic rings. The topological polar surface area (TPSA) is 50.4 Å². The van der Waals surface area contributed by atoms with Crippen molar-refractivity contribution in [2.75, 3.05) is 0 Å². The quantitative estimate of drug-likeness (QED) is 0.718. The molecule has 0 aliphatic heterocycles. The number of Topliss-reactive ketones (excluding diaryl/α,β-unsaturated/α-hetero) is 1. The molecule has 18 heavy (non-hydrogen) atoms. The lowest BCUT2D eigenvalue weighted by molar-refractivity contribution is 0.0951. The maximum atomic E-state index is 11.8. The molecule has 1 N–H and O–H groups in total. The molecule has 1 heterocycles. The second-order valence-electron chi connectivity index (χ2n) is 5.60. The summed E-state index contributed by atoms with van der Waals surface area (Å²) in [5, 5.41) is 9.84. The SMILES string of the molecule is CC(C)CC(O)CC(C)CCC(=O)c1ccoc1. The van der Waals surface area contributed by atoms with Crippen LogP contribution in [0.3, 0.4) is 0 Å². The van der Waals surface area contributed by atoms with E-state index >= 15 is 0 Å². The highest BCUT2D eigenvalue weighted by atomic mass is 16.3. The van der Waals surface area contributed by atoms with Crippen LogP contribution < -0.4 is 0 Å². The van der Waals surface area contributed by atoms with Crippen molar-refractivity contribution < 1.29 is 14.3 Å². The fourth-order valence-electron chi connectivity index (χ4n) is 2.17. The molecule has 0 aliphatic carbocycles. The first-order valence-electron chi connectivity index (χ1n) is 6.72.